The molecular formula is C12H11BrN2OS. The predicted molar refractivity (Wildman–Crippen MR) is 73.3 cm³/mol. The minimum atomic E-state index is -0.0406. The zero-order chi connectivity index (χ0) is 12.3. The summed E-state index contributed by atoms with van der Waals surface area (Å²) in [7, 11) is 0. The lowest BCUT2D eigenvalue weighted by molar-refractivity contribution is -0.115. The van der Waals surface area contributed by atoms with Crippen LogP contribution in [-0.2, 0) is 11.2 Å². The predicted octanol–water partition coefficient (Wildman–Crippen LogP) is 3.40. The molecule has 1 amide bonds. The van der Waals surface area contributed by atoms with Gasteiger partial charge in [0.05, 0.1) is 6.42 Å². The van der Waals surface area contributed by atoms with Gasteiger partial charge in [-0.15, -0.1) is 11.3 Å². The summed E-state index contributed by atoms with van der Waals surface area (Å²) in [6.45, 7) is 1.96. The van der Waals surface area contributed by atoms with Gasteiger partial charge in [-0.25, -0.2) is 4.98 Å². The summed E-state index contributed by atoms with van der Waals surface area (Å²) in [6, 6.07) is 5.74. The fourth-order valence-corrected chi connectivity index (χ4v) is 2.40. The lowest BCUT2D eigenvalue weighted by Gasteiger charge is -2.08. The van der Waals surface area contributed by atoms with Gasteiger partial charge in [-0.1, -0.05) is 22.0 Å². The highest BCUT2D eigenvalue weighted by Gasteiger charge is 2.08. The molecule has 0 saturated heterocycles. The molecule has 88 valence electrons. The Hall–Kier alpha value is -1.20. The third kappa shape index (κ3) is 3.14. The smallest absolute Gasteiger partial charge is 0.231 e. The molecule has 0 bridgehead atoms. The van der Waals surface area contributed by atoms with E-state index in [1.165, 1.54) is 11.3 Å². The van der Waals surface area contributed by atoms with Crippen molar-refractivity contribution in [2.45, 2.75) is 13.3 Å². The molecule has 1 aromatic carbocycles. The molecule has 0 aliphatic rings. The van der Waals surface area contributed by atoms with E-state index >= 15 is 0 Å². The van der Waals surface area contributed by atoms with Gasteiger partial charge in [0.2, 0.25) is 5.91 Å². The van der Waals surface area contributed by atoms with E-state index in [0.29, 0.717) is 6.42 Å². The number of aromatic nitrogens is 1. The van der Waals surface area contributed by atoms with Gasteiger partial charge < -0.3 is 5.32 Å². The van der Waals surface area contributed by atoms with Crippen LogP contribution in [0.2, 0.25) is 0 Å². The van der Waals surface area contributed by atoms with Gasteiger partial charge >= 0.3 is 0 Å². The van der Waals surface area contributed by atoms with Gasteiger partial charge in [0.15, 0.2) is 0 Å². The third-order valence-electron chi connectivity index (χ3n) is 2.34. The van der Waals surface area contributed by atoms with Crippen LogP contribution in [-0.4, -0.2) is 10.9 Å². The molecule has 0 atom stereocenters. The molecule has 0 aliphatic heterocycles. The number of anilines is 1. The second kappa shape index (κ2) is 5.42. The average molecular weight is 311 g/mol. The maximum Gasteiger partial charge on any atom is 0.231 e. The molecular weight excluding hydrogens is 300 g/mol. The van der Waals surface area contributed by atoms with Crippen LogP contribution in [0.3, 0.4) is 0 Å². The van der Waals surface area contributed by atoms with Gasteiger partial charge in [-0.2, -0.15) is 0 Å². The topological polar surface area (TPSA) is 42.0 Å². The van der Waals surface area contributed by atoms with Crippen molar-refractivity contribution in [1.29, 1.82) is 0 Å². The van der Waals surface area contributed by atoms with Crippen molar-refractivity contribution >= 4 is 38.9 Å². The molecule has 3 nitrogen and oxygen atoms in total. The standard InChI is InChI=1S/C12H11BrN2OS/c1-8-9(13)3-2-4-10(8)15-11(16)7-12-14-5-6-17-12/h2-6H,7H2,1H3,(H,15,16). The second-order valence-corrected chi connectivity index (χ2v) is 5.40. The van der Waals surface area contributed by atoms with Gasteiger partial charge in [-0.05, 0) is 24.6 Å². The Morgan fingerprint density at radius 3 is 3.06 bits per heavy atom. The molecule has 0 aliphatic carbocycles. The van der Waals surface area contributed by atoms with Crippen molar-refractivity contribution in [2.24, 2.45) is 0 Å². The quantitative estimate of drug-likeness (QED) is 0.944. The first-order valence-corrected chi connectivity index (χ1v) is 6.77. The number of halogens is 1. The van der Waals surface area contributed by atoms with Crippen LogP contribution in [0.15, 0.2) is 34.2 Å². The van der Waals surface area contributed by atoms with E-state index in [9.17, 15) is 4.79 Å². The molecule has 17 heavy (non-hydrogen) atoms. The minimum Gasteiger partial charge on any atom is -0.325 e. The molecule has 0 unspecified atom stereocenters. The van der Waals surface area contributed by atoms with E-state index in [1.54, 1.807) is 6.20 Å². The van der Waals surface area contributed by atoms with Gasteiger partial charge in [0, 0.05) is 21.7 Å². The molecule has 0 spiro atoms. The van der Waals surface area contributed by atoms with Gasteiger partial charge in [0.1, 0.15) is 5.01 Å². The fraction of sp³-hybridized carbons (Fsp3) is 0.167. The Kier molecular flexibility index (Phi) is 3.91. The molecule has 5 heteroatoms. The van der Waals surface area contributed by atoms with E-state index in [-0.39, 0.29) is 5.91 Å². The van der Waals surface area contributed by atoms with Crippen LogP contribution < -0.4 is 5.32 Å². The zero-order valence-corrected chi connectivity index (χ0v) is 11.6. The summed E-state index contributed by atoms with van der Waals surface area (Å²) in [5.41, 5.74) is 1.86. The largest absolute Gasteiger partial charge is 0.325 e. The van der Waals surface area contributed by atoms with Crippen LogP contribution in [0.4, 0.5) is 5.69 Å². The number of hydrogen-bond acceptors (Lipinski definition) is 3. The van der Waals surface area contributed by atoms with E-state index in [4.69, 9.17) is 0 Å². The first-order valence-electron chi connectivity index (χ1n) is 5.10. The summed E-state index contributed by atoms with van der Waals surface area (Å²) >= 11 is 4.92. The van der Waals surface area contributed by atoms with E-state index in [0.717, 1.165) is 20.7 Å². The minimum absolute atomic E-state index is 0.0406. The Labute approximate surface area is 112 Å². The van der Waals surface area contributed by atoms with Crippen molar-refractivity contribution < 1.29 is 4.79 Å². The maximum atomic E-state index is 11.8. The first kappa shape index (κ1) is 12.3. The molecule has 1 aromatic heterocycles. The average Bonchev–Trinajstić information content (AvgIpc) is 2.77. The van der Waals surface area contributed by atoms with Crippen LogP contribution >= 0.6 is 27.3 Å². The maximum absolute atomic E-state index is 11.8. The number of amides is 1. The molecule has 2 rings (SSSR count). The number of nitrogens with zero attached hydrogens (tertiary/aromatic N) is 1. The SMILES string of the molecule is Cc1c(Br)cccc1NC(=O)Cc1nccs1. The number of rotatable bonds is 3. The summed E-state index contributed by atoms with van der Waals surface area (Å²) in [4.78, 5) is 15.9. The Morgan fingerprint density at radius 1 is 1.53 bits per heavy atom. The number of nitrogens with one attached hydrogen (secondary N) is 1. The monoisotopic (exact) mass is 310 g/mol. The lowest BCUT2D eigenvalue weighted by Crippen LogP contribution is -2.15. The number of thiazole rings is 1. The van der Waals surface area contributed by atoms with E-state index in [2.05, 4.69) is 26.2 Å². The van der Waals surface area contributed by atoms with Crippen LogP contribution in [0.1, 0.15) is 10.6 Å². The second-order valence-electron chi connectivity index (χ2n) is 3.56. The van der Waals surface area contributed by atoms with Crippen molar-refractivity contribution in [2.75, 3.05) is 5.32 Å². The number of carbonyl (C=O) groups excluding carboxylic acids is 1. The molecule has 1 heterocycles. The zero-order valence-electron chi connectivity index (χ0n) is 9.24. The van der Waals surface area contributed by atoms with Crippen LogP contribution in [0.5, 0.6) is 0 Å². The van der Waals surface area contributed by atoms with Crippen molar-refractivity contribution in [3.63, 3.8) is 0 Å². The third-order valence-corrected chi connectivity index (χ3v) is 3.98. The Morgan fingerprint density at radius 2 is 2.35 bits per heavy atom. The summed E-state index contributed by atoms with van der Waals surface area (Å²) in [5, 5.41) is 5.58. The molecule has 1 N–H and O–H groups in total. The Balaban J connectivity index is 2.06. The summed E-state index contributed by atoms with van der Waals surface area (Å²) in [6.07, 6.45) is 2.03. The van der Waals surface area contributed by atoms with Crippen molar-refractivity contribution in [3.05, 3.63) is 44.8 Å². The number of benzene rings is 1. The Bertz CT molecular complexity index is 525. The van der Waals surface area contributed by atoms with E-state index in [1.807, 2.05) is 30.5 Å². The normalized spacial score (nSPS) is 10.2. The first-order chi connectivity index (χ1) is 8.16. The highest BCUT2D eigenvalue weighted by molar-refractivity contribution is 9.10. The van der Waals surface area contributed by atoms with Crippen molar-refractivity contribution in [3.8, 4) is 0 Å². The number of carbonyl (C=O) groups is 1. The molecule has 0 fully saturated rings. The van der Waals surface area contributed by atoms with Gasteiger partial charge in [-0.3, -0.25) is 4.79 Å². The van der Waals surface area contributed by atoms with Crippen LogP contribution in [0, 0.1) is 6.92 Å². The molecule has 0 saturated carbocycles. The summed E-state index contributed by atoms with van der Waals surface area (Å²) in [5.74, 6) is -0.0406. The highest BCUT2D eigenvalue weighted by Crippen LogP contribution is 2.23. The van der Waals surface area contributed by atoms with Crippen LogP contribution in [0.25, 0.3) is 0 Å². The lowest BCUT2D eigenvalue weighted by atomic mass is 10.2. The highest BCUT2D eigenvalue weighted by atomic mass is 79.9. The molecule has 0 radical (unpaired) electrons. The van der Waals surface area contributed by atoms with E-state index < -0.39 is 0 Å². The summed E-state index contributed by atoms with van der Waals surface area (Å²) < 4.78 is 0.990. The van der Waals surface area contributed by atoms with Gasteiger partial charge in [0.25, 0.3) is 0 Å². The fourth-order valence-electron chi connectivity index (χ4n) is 1.41. The van der Waals surface area contributed by atoms with Crippen molar-refractivity contribution in [1.82, 2.24) is 4.98 Å². The molecule has 2 aromatic rings. The number of hydrogen-bond donors (Lipinski definition) is 1.